The Kier molecular flexibility index (Phi) is 7.51. The summed E-state index contributed by atoms with van der Waals surface area (Å²) < 4.78 is 1.21. The molecule has 0 atom stereocenters. The summed E-state index contributed by atoms with van der Waals surface area (Å²) in [5, 5.41) is 0. The molecular formula is C5H6BrI. The maximum atomic E-state index is 3.02. The lowest BCUT2D eigenvalue weighted by molar-refractivity contribution is 1.01. The maximum absolute atomic E-state index is 3.02. The largest absolute Gasteiger partial charge is 0.0907 e. The average molecular weight is 273 g/mol. The Morgan fingerprint density at radius 3 is 2.71 bits per heavy atom. The minimum atomic E-state index is 1.02. The lowest BCUT2D eigenvalue weighted by Gasteiger charge is -1.78. The van der Waals surface area contributed by atoms with Gasteiger partial charge in [0, 0.05) is 26.8 Å². The van der Waals surface area contributed by atoms with E-state index in [0.717, 1.165) is 6.42 Å². The highest BCUT2D eigenvalue weighted by atomic mass is 127. The van der Waals surface area contributed by atoms with Crippen LogP contribution in [0.2, 0.25) is 0 Å². The van der Waals surface area contributed by atoms with Crippen molar-refractivity contribution in [3.8, 4) is 10.8 Å². The molecule has 0 radical (unpaired) electrons. The van der Waals surface area contributed by atoms with Crippen LogP contribution >= 0.6 is 38.5 Å². The number of alkyl halides is 1. The molecule has 0 aromatic carbocycles. The molecule has 0 saturated heterocycles. The lowest BCUT2D eigenvalue weighted by Crippen LogP contribution is -1.68. The molecule has 0 aliphatic carbocycles. The van der Waals surface area contributed by atoms with Gasteiger partial charge in [-0.2, -0.15) is 0 Å². The number of hydrogen-bond donors (Lipinski definition) is 0. The van der Waals surface area contributed by atoms with Crippen molar-refractivity contribution in [3.63, 3.8) is 0 Å². The normalized spacial score (nSPS) is 7.14. The van der Waals surface area contributed by atoms with Crippen molar-refractivity contribution in [1.29, 1.82) is 0 Å². The van der Waals surface area contributed by atoms with Gasteiger partial charge in [0.15, 0.2) is 0 Å². The van der Waals surface area contributed by atoms with Gasteiger partial charge in [-0.05, 0) is 11.3 Å². The van der Waals surface area contributed by atoms with E-state index in [1.54, 1.807) is 0 Å². The second kappa shape index (κ2) is 6.77. The second-order valence-electron chi connectivity index (χ2n) is 1.06. The summed E-state index contributed by atoms with van der Waals surface area (Å²) in [6.07, 6.45) is 2.23. The summed E-state index contributed by atoms with van der Waals surface area (Å²) in [5.41, 5.74) is 0. The van der Waals surface area contributed by atoms with Gasteiger partial charge in [0.1, 0.15) is 0 Å². The predicted molar refractivity (Wildman–Crippen MR) is 44.8 cm³/mol. The van der Waals surface area contributed by atoms with Gasteiger partial charge < -0.3 is 0 Å². The summed E-state index contributed by atoms with van der Waals surface area (Å²) in [6.45, 7) is 0. The van der Waals surface area contributed by atoms with E-state index in [9.17, 15) is 0 Å². The van der Waals surface area contributed by atoms with Gasteiger partial charge in [0.25, 0.3) is 0 Å². The topological polar surface area (TPSA) is 0 Å². The van der Waals surface area contributed by atoms with Gasteiger partial charge in [-0.15, -0.1) is 0 Å². The average Bonchev–Trinajstić information content (AvgIpc) is 1.69. The quantitative estimate of drug-likeness (QED) is 0.314. The Morgan fingerprint density at radius 2 is 2.29 bits per heavy atom. The first-order chi connectivity index (χ1) is 3.41. The molecule has 0 fully saturated rings. The number of rotatable bonds is 2. The van der Waals surface area contributed by atoms with E-state index in [1.165, 1.54) is 10.8 Å². The Labute approximate surface area is 66.3 Å². The Hall–Kier alpha value is 0.770. The van der Waals surface area contributed by atoms with Crippen LogP contribution in [0.3, 0.4) is 0 Å². The molecule has 0 N–H and O–H groups in total. The fourth-order valence-electron chi connectivity index (χ4n) is 0.202. The molecule has 0 unspecified atom stereocenters. The monoisotopic (exact) mass is 272 g/mol. The third-order valence-electron chi connectivity index (χ3n) is 0.502. The number of halogens is 2. The van der Waals surface area contributed by atoms with Crippen molar-refractivity contribution >= 4 is 38.5 Å². The maximum Gasteiger partial charge on any atom is 0.0106 e. The Morgan fingerprint density at radius 1 is 1.57 bits per heavy atom. The van der Waals surface area contributed by atoms with E-state index >= 15 is 0 Å². The lowest BCUT2D eigenvalue weighted by atomic mass is 10.4. The van der Waals surface area contributed by atoms with E-state index in [4.69, 9.17) is 0 Å². The van der Waals surface area contributed by atoms with Crippen molar-refractivity contribution in [2.45, 2.75) is 12.8 Å². The van der Waals surface area contributed by atoms with E-state index in [-0.39, 0.29) is 0 Å². The molecule has 0 aromatic rings. The molecule has 0 aromatic heterocycles. The molecule has 0 nitrogen and oxygen atoms in total. The van der Waals surface area contributed by atoms with Crippen LogP contribution < -0.4 is 0 Å². The van der Waals surface area contributed by atoms with Gasteiger partial charge in [-0.25, -0.2) is 0 Å². The highest BCUT2D eigenvalue weighted by molar-refractivity contribution is 14.1. The molecule has 2 heteroatoms. The fraction of sp³-hybridized carbons (Fsp3) is 0.600. The van der Waals surface area contributed by atoms with Crippen molar-refractivity contribution in [1.82, 2.24) is 0 Å². The zero-order chi connectivity index (χ0) is 5.54. The number of hydrogen-bond acceptors (Lipinski definition) is 0. The third-order valence-corrected chi connectivity index (χ3v) is 1.55. The molecule has 0 heterocycles. The summed E-state index contributed by atoms with van der Waals surface area (Å²) in [5.74, 6) is 2.91. The van der Waals surface area contributed by atoms with E-state index in [1.807, 2.05) is 0 Å². The highest BCUT2D eigenvalue weighted by Crippen LogP contribution is 1.91. The van der Waals surface area contributed by atoms with Crippen LogP contribution in [0.25, 0.3) is 0 Å². The molecule has 0 amide bonds. The highest BCUT2D eigenvalue weighted by Gasteiger charge is 1.74. The summed E-state index contributed by atoms with van der Waals surface area (Å²) in [6, 6.07) is 0. The van der Waals surface area contributed by atoms with Crippen LogP contribution in [-0.4, -0.2) is 4.43 Å². The van der Waals surface area contributed by atoms with E-state index in [0.29, 0.717) is 0 Å². The molecule has 0 saturated carbocycles. The zero-order valence-corrected chi connectivity index (χ0v) is 7.62. The number of unbranched alkanes of at least 4 members (excludes halogenated alkanes) is 1. The third kappa shape index (κ3) is 6.77. The van der Waals surface area contributed by atoms with Crippen LogP contribution in [0.5, 0.6) is 0 Å². The molecule has 0 spiro atoms. The Balaban J connectivity index is 2.78. The van der Waals surface area contributed by atoms with Gasteiger partial charge in [0.2, 0.25) is 0 Å². The van der Waals surface area contributed by atoms with Crippen LogP contribution in [0.4, 0.5) is 0 Å². The summed E-state index contributed by atoms with van der Waals surface area (Å²) >= 11 is 5.36. The molecule has 0 rings (SSSR count). The van der Waals surface area contributed by atoms with Crippen LogP contribution in [0, 0.1) is 10.8 Å². The molecule has 7 heavy (non-hydrogen) atoms. The molecule has 0 bridgehead atoms. The molecule has 0 aliphatic rings. The van der Waals surface area contributed by atoms with E-state index < -0.39 is 0 Å². The van der Waals surface area contributed by atoms with Gasteiger partial charge in [0.05, 0.1) is 0 Å². The van der Waals surface area contributed by atoms with Crippen molar-refractivity contribution in [2.24, 2.45) is 0 Å². The van der Waals surface area contributed by atoms with E-state index in [2.05, 4.69) is 49.3 Å². The van der Waals surface area contributed by atoms with Crippen LogP contribution in [-0.2, 0) is 0 Å². The smallest absolute Gasteiger partial charge is 0.0106 e. The van der Waals surface area contributed by atoms with Crippen molar-refractivity contribution < 1.29 is 0 Å². The standard InChI is InChI=1S/C5H6BrI/c6-4-2-1-3-5-7/h1,3,5H2. The molecule has 40 valence electrons. The van der Waals surface area contributed by atoms with Crippen LogP contribution in [0.15, 0.2) is 0 Å². The minimum Gasteiger partial charge on any atom is -0.0907 e. The summed E-state index contributed by atoms with van der Waals surface area (Å²) in [7, 11) is 0. The van der Waals surface area contributed by atoms with Gasteiger partial charge in [-0.1, -0.05) is 28.5 Å². The van der Waals surface area contributed by atoms with Crippen molar-refractivity contribution in [3.05, 3.63) is 0 Å². The fourth-order valence-corrected chi connectivity index (χ4v) is 0.782. The summed E-state index contributed by atoms with van der Waals surface area (Å²) in [4.78, 5) is 2.66. The first-order valence-electron chi connectivity index (χ1n) is 2.06. The minimum absolute atomic E-state index is 1.02. The van der Waals surface area contributed by atoms with Crippen molar-refractivity contribution in [2.75, 3.05) is 4.43 Å². The van der Waals surface area contributed by atoms with Gasteiger partial charge in [-0.3, -0.25) is 0 Å². The SMILES string of the molecule is BrC#CCCCI. The first-order valence-corrected chi connectivity index (χ1v) is 4.38. The molecule has 0 aliphatic heterocycles. The predicted octanol–water partition coefficient (Wildman–Crippen LogP) is 2.56. The molecular weight excluding hydrogens is 267 g/mol. The Bertz CT molecular complexity index is 79.8. The van der Waals surface area contributed by atoms with Gasteiger partial charge >= 0.3 is 0 Å². The van der Waals surface area contributed by atoms with Crippen LogP contribution in [0.1, 0.15) is 12.8 Å². The second-order valence-corrected chi connectivity index (χ2v) is 2.54. The first kappa shape index (κ1) is 7.77. The zero-order valence-electron chi connectivity index (χ0n) is 3.88.